The first-order chi connectivity index (χ1) is 10.6. The summed E-state index contributed by atoms with van der Waals surface area (Å²) in [6.07, 6.45) is 5.14. The minimum atomic E-state index is -0.666. The molecular formula is C13H18N6O3. The topological polar surface area (TPSA) is 127 Å². The quantitative estimate of drug-likeness (QED) is 0.542. The number of rotatable bonds is 7. The van der Waals surface area contributed by atoms with E-state index in [-0.39, 0.29) is 31.4 Å². The smallest absolute Gasteiger partial charge is 0.257 e. The zero-order valence-corrected chi connectivity index (χ0v) is 12.1. The summed E-state index contributed by atoms with van der Waals surface area (Å²) >= 11 is 0. The molecule has 2 amide bonds. The second-order valence-corrected chi connectivity index (χ2v) is 4.83. The Balaban J connectivity index is 1.90. The molecule has 0 radical (unpaired) electrons. The van der Waals surface area contributed by atoms with Gasteiger partial charge < -0.3 is 15.3 Å². The Morgan fingerprint density at radius 3 is 2.45 bits per heavy atom. The lowest BCUT2D eigenvalue weighted by Gasteiger charge is -2.23. The number of carbonyl (C=O) groups is 2. The van der Waals surface area contributed by atoms with Crippen molar-refractivity contribution in [3.05, 3.63) is 35.9 Å². The van der Waals surface area contributed by atoms with Crippen LogP contribution in [0.4, 0.5) is 0 Å². The monoisotopic (exact) mass is 306 g/mol. The molecule has 4 N–H and O–H groups in total. The SMILES string of the molecule is CC(O)CN(CCNC(=O)c1cn[nH]c1)C(=O)c1cn[nH]c1. The van der Waals surface area contributed by atoms with Gasteiger partial charge in [-0.25, -0.2) is 0 Å². The third-order valence-corrected chi connectivity index (χ3v) is 2.94. The van der Waals surface area contributed by atoms with E-state index in [1.54, 1.807) is 6.92 Å². The minimum Gasteiger partial charge on any atom is -0.392 e. The van der Waals surface area contributed by atoms with Gasteiger partial charge in [-0.1, -0.05) is 0 Å². The average molecular weight is 306 g/mol. The average Bonchev–Trinajstić information content (AvgIpc) is 3.17. The molecule has 1 atom stereocenters. The maximum absolute atomic E-state index is 12.3. The number of hydrogen-bond donors (Lipinski definition) is 4. The molecule has 0 fully saturated rings. The summed E-state index contributed by atoms with van der Waals surface area (Å²) < 4.78 is 0. The molecule has 2 aromatic rings. The third-order valence-electron chi connectivity index (χ3n) is 2.94. The van der Waals surface area contributed by atoms with Gasteiger partial charge in [0, 0.05) is 32.0 Å². The van der Waals surface area contributed by atoms with Gasteiger partial charge in [0.1, 0.15) is 0 Å². The predicted molar refractivity (Wildman–Crippen MR) is 77.1 cm³/mol. The van der Waals surface area contributed by atoms with Crippen molar-refractivity contribution in [3.63, 3.8) is 0 Å². The first kappa shape index (κ1) is 15.7. The van der Waals surface area contributed by atoms with Crippen molar-refractivity contribution in [3.8, 4) is 0 Å². The maximum Gasteiger partial charge on any atom is 0.257 e. The fourth-order valence-electron chi connectivity index (χ4n) is 1.93. The van der Waals surface area contributed by atoms with E-state index >= 15 is 0 Å². The molecule has 0 saturated carbocycles. The van der Waals surface area contributed by atoms with Gasteiger partial charge >= 0.3 is 0 Å². The van der Waals surface area contributed by atoms with Gasteiger partial charge in [0.15, 0.2) is 0 Å². The Morgan fingerprint density at radius 2 is 1.91 bits per heavy atom. The Kier molecular flexibility index (Phi) is 5.26. The number of aliphatic hydroxyl groups excluding tert-OH is 1. The van der Waals surface area contributed by atoms with E-state index in [0.29, 0.717) is 11.1 Å². The highest BCUT2D eigenvalue weighted by Gasteiger charge is 2.18. The number of nitrogens with one attached hydrogen (secondary N) is 3. The van der Waals surface area contributed by atoms with Crippen LogP contribution in [0.3, 0.4) is 0 Å². The number of aromatic nitrogens is 4. The number of H-pyrrole nitrogens is 2. The van der Waals surface area contributed by atoms with Crippen molar-refractivity contribution < 1.29 is 14.7 Å². The van der Waals surface area contributed by atoms with Crippen LogP contribution in [-0.4, -0.2) is 68.0 Å². The van der Waals surface area contributed by atoms with Gasteiger partial charge in [0.2, 0.25) is 0 Å². The van der Waals surface area contributed by atoms with Crippen molar-refractivity contribution in [1.29, 1.82) is 0 Å². The van der Waals surface area contributed by atoms with Crippen molar-refractivity contribution in [2.24, 2.45) is 0 Å². The first-order valence-electron chi connectivity index (χ1n) is 6.81. The molecule has 2 aromatic heterocycles. The predicted octanol–water partition coefficient (Wildman–Crippen LogP) is -0.614. The normalized spacial score (nSPS) is 11.9. The molecule has 0 spiro atoms. The van der Waals surface area contributed by atoms with E-state index in [9.17, 15) is 14.7 Å². The van der Waals surface area contributed by atoms with Gasteiger partial charge in [-0.3, -0.25) is 19.8 Å². The molecule has 0 saturated heterocycles. The number of amides is 2. The summed E-state index contributed by atoms with van der Waals surface area (Å²) in [5.41, 5.74) is 0.824. The number of nitrogens with zero attached hydrogens (tertiary/aromatic N) is 3. The first-order valence-corrected chi connectivity index (χ1v) is 6.81. The van der Waals surface area contributed by atoms with Gasteiger partial charge in [-0.2, -0.15) is 10.2 Å². The van der Waals surface area contributed by atoms with Gasteiger partial charge in [-0.05, 0) is 6.92 Å². The van der Waals surface area contributed by atoms with Crippen LogP contribution >= 0.6 is 0 Å². The number of aliphatic hydroxyl groups is 1. The molecule has 2 rings (SSSR count). The largest absolute Gasteiger partial charge is 0.392 e. The molecule has 0 aliphatic carbocycles. The van der Waals surface area contributed by atoms with Crippen LogP contribution in [0.15, 0.2) is 24.8 Å². The summed E-state index contributed by atoms with van der Waals surface area (Å²) in [4.78, 5) is 25.5. The molecule has 1 unspecified atom stereocenters. The second kappa shape index (κ2) is 7.36. The zero-order valence-electron chi connectivity index (χ0n) is 12.1. The standard InChI is InChI=1S/C13H18N6O3/c1-9(20)8-19(13(22)11-6-17-18-7-11)3-2-14-12(21)10-4-15-16-5-10/h4-7,9,20H,2-3,8H2,1H3,(H,14,21)(H,15,16)(H,17,18). The lowest BCUT2D eigenvalue weighted by atomic mass is 10.2. The number of hydrogen-bond acceptors (Lipinski definition) is 5. The summed E-state index contributed by atoms with van der Waals surface area (Å²) in [6.45, 7) is 2.31. The number of carbonyl (C=O) groups excluding carboxylic acids is 2. The zero-order chi connectivity index (χ0) is 15.9. The molecule has 22 heavy (non-hydrogen) atoms. The Bertz CT molecular complexity index is 593. The summed E-state index contributed by atoms with van der Waals surface area (Å²) in [6, 6.07) is 0. The molecule has 2 heterocycles. The highest BCUT2D eigenvalue weighted by atomic mass is 16.3. The summed E-state index contributed by atoms with van der Waals surface area (Å²) in [5.74, 6) is -0.534. The fraction of sp³-hybridized carbons (Fsp3) is 0.385. The van der Waals surface area contributed by atoms with Crippen LogP contribution in [0.1, 0.15) is 27.6 Å². The highest BCUT2D eigenvalue weighted by Crippen LogP contribution is 2.03. The van der Waals surface area contributed by atoms with E-state index in [4.69, 9.17) is 0 Å². The van der Waals surface area contributed by atoms with E-state index in [0.717, 1.165) is 0 Å². The maximum atomic E-state index is 12.3. The molecule has 9 nitrogen and oxygen atoms in total. The Hall–Kier alpha value is -2.68. The molecule has 9 heteroatoms. The number of aromatic amines is 2. The molecular weight excluding hydrogens is 288 g/mol. The van der Waals surface area contributed by atoms with Gasteiger partial charge in [0.25, 0.3) is 11.8 Å². The van der Waals surface area contributed by atoms with Gasteiger partial charge in [0.05, 0.1) is 29.6 Å². The molecule has 0 bridgehead atoms. The van der Waals surface area contributed by atoms with Crippen LogP contribution < -0.4 is 5.32 Å². The van der Waals surface area contributed by atoms with Gasteiger partial charge in [-0.15, -0.1) is 0 Å². The van der Waals surface area contributed by atoms with Crippen molar-refractivity contribution >= 4 is 11.8 Å². The van der Waals surface area contributed by atoms with Crippen molar-refractivity contribution in [2.45, 2.75) is 13.0 Å². The van der Waals surface area contributed by atoms with Crippen molar-refractivity contribution in [1.82, 2.24) is 30.6 Å². The van der Waals surface area contributed by atoms with Crippen LogP contribution in [0.25, 0.3) is 0 Å². The molecule has 118 valence electrons. The summed E-state index contributed by atoms with van der Waals surface area (Å²) in [5, 5.41) is 24.8. The molecule has 0 aromatic carbocycles. The summed E-state index contributed by atoms with van der Waals surface area (Å²) in [7, 11) is 0. The van der Waals surface area contributed by atoms with Crippen LogP contribution in [-0.2, 0) is 0 Å². The third kappa shape index (κ3) is 4.16. The van der Waals surface area contributed by atoms with E-state index in [1.807, 2.05) is 0 Å². The second-order valence-electron chi connectivity index (χ2n) is 4.83. The minimum absolute atomic E-state index is 0.172. The molecule has 0 aliphatic rings. The lowest BCUT2D eigenvalue weighted by molar-refractivity contribution is 0.0644. The molecule has 0 aliphatic heterocycles. The van der Waals surface area contributed by atoms with Crippen LogP contribution in [0.2, 0.25) is 0 Å². The highest BCUT2D eigenvalue weighted by molar-refractivity contribution is 5.94. The van der Waals surface area contributed by atoms with Crippen LogP contribution in [0.5, 0.6) is 0 Å². The Morgan fingerprint density at radius 1 is 1.27 bits per heavy atom. The van der Waals surface area contributed by atoms with E-state index < -0.39 is 6.10 Å². The van der Waals surface area contributed by atoms with E-state index in [2.05, 4.69) is 25.7 Å². The van der Waals surface area contributed by atoms with E-state index in [1.165, 1.54) is 29.7 Å². The Labute approximate surface area is 126 Å². The van der Waals surface area contributed by atoms with Crippen LogP contribution in [0, 0.1) is 0 Å². The lowest BCUT2D eigenvalue weighted by Crippen LogP contribution is -2.41. The van der Waals surface area contributed by atoms with Crippen molar-refractivity contribution in [2.75, 3.05) is 19.6 Å². The fourth-order valence-corrected chi connectivity index (χ4v) is 1.93.